The van der Waals surface area contributed by atoms with Crippen molar-refractivity contribution in [2.45, 2.75) is 4.90 Å². The van der Waals surface area contributed by atoms with Crippen LogP contribution >= 0.6 is 15.9 Å². The van der Waals surface area contributed by atoms with Crippen molar-refractivity contribution in [2.24, 2.45) is 0 Å². The van der Waals surface area contributed by atoms with Crippen molar-refractivity contribution < 1.29 is 31.5 Å². The quantitative estimate of drug-likeness (QED) is 0.848. The Labute approximate surface area is 125 Å². The number of hydrogen-bond acceptors (Lipinski definition) is 4. The second kappa shape index (κ2) is 5.45. The molecule has 0 aliphatic carbocycles. The molecule has 0 saturated heterocycles. The summed E-state index contributed by atoms with van der Waals surface area (Å²) in [4.78, 5) is 10.2. The number of carbonyl (C=O) groups is 1. The van der Waals surface area contributed by atoms with E-state index in [4.69, 9.17) is 9.52 Å². The smallest absolute Gasteiger partial charge is 0.371 e. The van der Waals surface area contributed by atoms with Crippen LogP contribution in [0.15, 0.2) is 38.2 Å². The average molecular weight is 382 g/mol. The van der Waals surface area contributed by atoms with Gasteiger partial charge in [0.05, 0.1) is 5.69 Å². The minimum absolute atomic E-state index is 0.343. The number of benzene rings is 1. The van der Waals surface area contributed by atoms with Crippen LogP contribution in [0.5, 0.6) is 0 Å². The van der Waals surface area contributed by atoms with Crippen LogP contribution in [0.25, 0.3) is 0 Å². The van der Waals surface area contributed by atoms with E-state index in [1.165, 1.54) is 0 Å². The van der Waals surface area contributed by atoms with Gasteiger partial charge in [-0.3, -0.25) is 4.72 Å². The lowest BCUT2D eigenvalue weighted by Gasteiger charge is -2.06. The molecule has 0 aliphatic rings. The molecule has 2 N–H and O–H groups in total. The summed E-state index contributed by atoms with van der Waals surface area (Å²) in [5.41, 5.74) is -0.350. The van der Waals surface area contributed by atoms with Gasteiger partial charge >= 0.3 is 5.97 Å². The lowest BCUT2D eigenvalue weighted by molar-refractivity contribution is 0.0661. The highest BCUT2D eigenvalue weighted by molar-refractivity contribution is 9.10. The van der Waals surface area contributed by atoms with Crippen molar-refractivity contribution >= 4 is 37.6 Å². The third-order valence-corrected chi connectivity index (χ3v) is 4.51. The second-order valence-corrected chi connectivity index (χ2v) is 6.19. The largest absolute Gasteiger partial charge is 0.475 e. The first kappa shape index (κ1) is 15.4. The maximum atomic E-state index is 13.0. The summed E-state index contributed by atoms with van der Waals surface area (Å²) in [7, 11) is -4.28. The van der Waals surface area contributed by atoms with Crippen LogP contribution in [0.1, 0.15) is 10.6 Å². The molecule has 1 aromatic carbocycles. The fraction of sp³-hybridized carbons (Fsp3) is 0. The van der Waals surface area contributed by atoms with Crippen LogP contribution in [-0.4, -0.2) is 19.5 Å². The monoisotopic (exact) mass is 381 g/mol. The Morgan fingerprint density at radius 2 is 1.76 bits per heavy atom. The molecule has 0 bridgehead atoms. The lowest BCUT2D eigenvalue weighted by Crippen LogP contribution is -2.13. The molecular weight excluding hydrogens is 376 g/mol. The molecule has 10 heteroatoms. The van der Waals surface area contributed by atoms with Crippen LogP contribution in [0.4, 0.5) is 14.5 Å². The van der Waals surface area contributed by atoms with Crippen LogP contribution in [0, 0.1) is 11.6 Å². The first-order valence-electron chi connectivity index (χ1n) is 5.20. The Hall–Kier alpha value is -1.94. The highest BCUT2D eigenvalue weighted by Gasteiger charge is 2.25. The molecule has 1 aromatic heterocycles. The van der Waals surface area contributed by atoms with E-state index in [0.29, 0.717) is 6.07 Å². The maximum absolute atomic E-state index is 13.0. The number of anilines is 1. The standard InChI is InChI=1S/C11H6BrF2NO5S/c12-10-9(4-8(20-10)11(16)17)21(18,19)15-7-2-5(13)1-6(14)3-7/h1-4,15H,(H,16,17). The summed E-state index contributed by atoms with van der Waals surface area (Å²) in [6.07, 6.45) is 0. The van der Waals surface area contributed by atoms with Crippen LogP contribution in [0.2, 0.25) is 0 Å². The van der Waals surface area contributed by atoms with Gasteiger partial charge in [0.15, 0.2) is 4.67 Å². The fourth-order valence-electron chi connectivity index (χ4n) is 1.46. The van der Waals surface area contributed by atoms with Crippen LogP contribution < -0.4 is 4.72 Å². The van der Waals surface area contributed by atoms with Gasteiger partial charge in [0.25, 0.3) is 10.0 Å². The minimum Gasteiger partial charge on any atom is -0.475 e. The molecule has 0 unspecified atom stereocenters. The number of furan rings is 1. The summed E-state index contributed by atoms with van der Waals surface area (Å²) in [6.45, 7) is 0. The molecule has 0 saturated carbocycles. The number of carboxylic acids is 1. The molecule has 112 valence electrons. The molecule has 2 rings (SSSR count). The van der Waals surface area contributed by atoms with E-state index >= 15 is 0 Å². The number of nitrogens with one attached hydrogen (secondary N) is 1. The first-order valence-corrected chi connectivity index (χ1v) is 7.48. The Morgan fingerprint density at radius 1 is 1.19 bits per heavy atom. The third kappa shape index (κ3) is 3.39. The van der Waals surface area contributed by atoms with E-state index in [2.05, 4.69) is 15.9 Å². The molecule has 21 heavy (non-hydrogen) atoms. The van der Waals surface area contributed by atoms with E-state index in [0.717, 1.165) is 18.2 Å². The topological polar surface area (TPSA) is 96.6 Å². The van der Waals surface area contributed by atoms with Gasteiger partial charge in [0, 0.05) is 12.1 Å². The van der Waals surface area contributed by atoms with Gasteiger partial charge in [0.1, 0.15) is 16.5 Å². The fourth-order valence-corrected chi connectivity index (χ4v) is 3.44. The zero-order valence-corrected chi connectivity index (χ0v) is 12.3. The summed E-state index contributed by atoms with van der Waals surface area (Å²) >= 11 is 2.77. The lowest BCUT2D eigenvalue weighted by atomic mass is 10.3. The second-order valence-electron chi connectivity index (χ2n) is 3.82. The molecular formula is C11H6BrF2NO5S. The summed E-state index contributed by atoms with van der Waals surface area (Å²) in [5.74, 6) is -4.00. The molecule has 0 atom stereocenters. The van der Waals surface area contributed by atoms with Crippen molar-refractivity contribution in [3.63, 3.8) is 0 Å². The molecule has 0 fully saturated rings. The molecule has 0 radical (unpaired) electrons. The van der Waals surface area contributed by atoms with E-state index in [1.54, 1.807) is 0 Å². The van der Waals surface area contributed by atoms with E-state index in [9.17, 15) is 22.0 Å². The SMILES string of the molecule is O=C(O)c1cc(S(=O)(=O)Nc2cc(F)cc(F)c2)c(Br)o1. The first-order chi connectivity index (χ1) is 9.69. The van der Waals surface area contributed by atoms with Crippen molar-refractivity contribution in [1.29, 1.82) is 0 Å². The van der Waals surface area contributed by atoms with Gasteiger partial charge in [-0.2, -0.15) is 0 Å². The van der Waals surface area contributed by atoms with Crippen molar-refractivity contribution in [2.75, 3.05) is 4.72 Å². The van der Waals surface area contributed by atoms with Crippen molar-refractivity contribution in [3.05, 3.63) is 46.3 Å². The van der Waals surface area contributed by atoms with E-state index in [-0.39, 0.29) is 10.4 Å². The Kier molecular flexibility index (Phi) is 4.01. The highest BCUT2D eigenvalue weighted by Crippen LogP contribution is 2.28. The number of carboxylic acid groups (broad SMARTS) is 1. The predicted molar refractivity (Wildman–Crippen MR) is 70.5 cm³/mol. The normalized spacial score (nSPS) is 11.4. The zero-order chi connectivity index (χ0) is 15.8. The molecule has 1 heterocycles. The number of rotatable bonds is 4. The van der Waals surface area contributed by atoms with Crippen molar-refractivity contribution in [3.8, 4) is 0 Å². The molecule has 0 spiro atoms. The third-order valence-electron chi connectivity index (χ3n) is 2.27. The van der Waals surface area contributed by atoms with Gasteiger partial charge < -0.3 is 9.52 Å². The van der Waals surface area contributed by atoms with Gasteiger partial charge in [-0.1, -0.05) is 0 Å². The molecule has 0 amide bonds. The predicted octanol–water partition coefficient (Wildman–Crippen LogP) is 2.82. The van der Waals surface area contributed by atoms with E-state index in [1.807, 2.05) is 4.72 Å². The Bertz CT molecular complexity index is 798. The van der Waals surface area contributed by atoms with Gasteiger partial charge in [-0.25, -0.2) is 22.0 Å². The number of sulfonamides is 1. The van der Waals surface area contributed by atoms with Gasteiger partial charge in [0.2, 0.25) is 5.76 Å². The Morgan fingerprint density at radius 3 is 2.24 bits per heavy atom. The van der Waals surface area contributed by atoms with Gasteiger partial charge in [-0.05, 0) is 28.1 Å². The van der Waals surface area contributed by atoms with Gasteiger partial charge in [-0.15, -0.1) is 0 Å². The van der Waals surface area contributed by atoms with E-state index < -0.39 is 38.3 Å². The maximum Gasteiger partial charge on any atom is 0.371 e. The van der Waals surface area contributed by atoms with Crippen LogP contribution in [-0.2, 0) is 10.0 Å². The summed E-state index contributed by atoms with van der Waals surface area (Å²) in [6, 6.07) is 2.89. The minimum atomic E-state index is -4.28. The summed E-state index contributed by atoms with van der Waals surface area (Å²) in [5, 5.41) is 8.72. The Balaban J connectivity index is 2.40. The number of hydrogen-bond donors (Lipinski definition) is 2. The van der Waals surface area contributed by atoms with Crippen molar-refractivity contribution in [1.82, 2.24) is 0 Å². The van der Waals surface area contributed by atoms with Crippen LogP contribution in [0.3, 0.4) is 0 Å². The zero-order valence-electron chi connectivity index (χ0n) is 9.93. The molecule has 2 aromatic rings. The molecule has 0 aliphatic heterocycles. The number of aromatic carboxylic acids is 1. The number of halogens is 3. The highest BCUT2D eigenvalue weighted by atomic mass is 79.9. The average Bonchev–Trinajstić information content (AvgIpc) is 2.70. The molecule has 6 nitrogen and oxygen atoms in total. The summed E-state index contributed by atoms with van der Waals surface area (Å²) < 4.78 is 56.4.